The van der Waals surface area contributed by atoms with E-state index in [4.69, 9.17) is 5.11 Å². The number of sulfonamides is 1. The zero-order valence-corrected chi connectivity index (χ0v) is 12.2. The van der Waals surface area contributed by atoms with Gasteiger partial charge in [0.25, 0.3) is 10.0 Å². The fourth-order valence-corrected chi connectivity index (χ4v) is 3.31. The summed E-state index contributed by atoms with van der Waals surface area (Å²) in [5.74, 6) is 0. The Balaban J connectivity index is 3.10. The van der Waals surface area contributed by atoms with Crippen LogP contribution in [0.1, 0.15) is 20.3 Å². The van der Waals surface area contributed by atoms with Gasteiger partial charge in [-0.2, -0.15) is 4.31 Å². The van der Waals surface area contributed by atoms with Gasteiger partial charge < -0.3 is 10.4 Å². The van der Waals surface area contributed by atoms with E-state index in [9.17, 15) is 8.42 Å². The summed E-state index contributed by atoms with van der Waals surface area (Å²) in [5, 5.41) is 11.9. The van der Waals surface area contributed by atoms with Gasteiger partial charge in [0, 0.05) is 32.4 Å². The van der Waals surface area contributed by atoms with E-state index < -0.39 is 10.0 Å². The van der Waals surface area contributed by atoms with Crippen molar-refractivity contribution in [3.8, 4) is 0 Å². The third-order valence-electron chi connectivity index (χ3n) is 2.64. The minimum atomic E-state index is -3.63. The largest absolute Gasteiger partial charge is 0.396 e. The summed E-state index contributed by atoms with van der Waals surface area (Å²) in [7, 11) is -3.63. The first kappa shape index (κ1) is 15.9. The highest BCUT2D eigenvalue weighted by Crippen LogP contribution is 2.21. The Kier molecular flexibility index (Phi) is 6.20. The molecule has 6 nitrogen and oxygen atoms in total. The van der Waals surface area contributed by atoms with Gasteiger partial charge in [0.15, 0.2) is 5.03 Å². The van der Waals surface area contributed by atoms with Gasteiger partial charge in [-0.3, -0.25) is 0 Å². The Morgan fingerprint density at radius 1 is 1.42 bits per heavy atom. The molecule has 108 valence electrons. The fourth-order valence-electron chi connectivity index (χ4n) is 1.74. The molecule has 0 saturated carbocycles. The van der Waals surface area contributed by atoms with Gasteiger partial charge in [-0.05, 0) is 25.5 Å². The molecule has 1 aromatic heterocycles. The van der Waals surface area contributed by atoms with Crippen LogP contribution in [-0.2, 0) is 10.0 Å². The van der Waals surface area contributed by atoms with Crippen LogP contribution in [0.4, 0.5) is 5.69 Å². The van der Waals surface area contributed by atoms with Crippen LogP contribution in [0.5, 0.6) is 0 Å². The summed E-state index contributed by atoms with van der Waals surface area (Å²) in [4.78, 5) is 3.99. The van der Waals surface area contributed by atoms with Crippen molar-refractivity contribution in [2.24, 2.45) is 0 Å². The molecule has 0 saturated heterocycles. The predicted octanol–water partition coefficient (Wildman–Crippen LogP) is 0.906. The summed E-state index contributed by atoms with van der Waals surface area (Å²) < 4.78 is 26.3. The molecule has 0 aliphatic rings. The van der Waals surface area contributed by atoms with Crippen molar-refractivity contribution in [2.45, 2.75) is 25.3 Å². The van der Waals surface area contributed by atoms with Crippen molar-refractivity contribution in [1.29, 1.82) is 0 Å². The lowest BCUT2D eigenvalue weighted by Crippen LogP contribution is -2.33. The summed E-state index contributed by atoms with van der Waals surface area (Å²) in [6.07, 6.45) is 1.88. The van der Waals surface area contributed by atoms with Crippen LogP contribution in [0.15, 0.2) is 23.4 Å². The van der Waals surface area contributed by atoms with Gasteiger partial charge in [0.05, 0.1) is 5.69 Å². The van der Waals surface area contributed by atoms with E-state index in [-0.39, 0.29) is 18.2 Å². The van der Waals surface area contributed by atoms with Crippen molar-refractivity contribution in [1.82, 2.24) is 9.29 Å². The molecule has 0 radical (unpaired) electrons. The number of nitrogens with one attached hydrogen (secondary N) is 1. The third-order valence-corrected chi connectivity index (χ3v) is 4.58. The Bertz CT molecular complexity index is 491. The molecule has 1 aromatic rings. The fraction of sp³-hybridized carbons (Fsp3) is 0.583. The van der Waals surface area contributed by atoms with Crippen LogP contribution in [0, 0.1) is 0 Å². The summed E-state index contributed by atoms with van der Waals surface area (Å²) in [6.45, 7) is 4.89. The van der Waals surface area contributed by atoms with E-state index in [1.807, 2.05) is 6.92 Å². The SMILES string of the molecule is CCNc1cccnc1S(=O)(=O)N(CC)CCCO. The standard InChI is InChI=1S/C12H21N3O3S/c1-3-13-11-7-5-8-14-12(11)19(17,18)15(4-2)9-6-10-16/h5,7-8,13,16H,3-4,6,9-10H2,1-2H3. The van der Waals surface area contributed by atoms with Crippen molar-refractivity contribution < 1.29 is 13.5 Å². The quantitative estimate of drug-likeness (QED) is 0.742. The molecule has 1 rings (SSSR count). The Morgan fingerprint density at radius 3 is 2.74 bits per heavy atom. The molecule has 0 fully saturated rings. The van der Waals surface area contributed by atoms with Crippen molar-refractivity contribution in [2.75, 3.05) is 31.6 Å². The normalized spacial score (nSPS) is 11.8. The molecular formula is C12H21N3O3S. The van der Waals surface area contributed by atoms with Gasteiger partial charge in [-0.1, -0.05) is 6.92 Å². The summed E-state index contributed by atoms with van der Waals surface area (Å²) in [5.41, 5.74) is 0.507. The van der Waals surface area contributed by atoms with Crippen molar-refractivity contribution >= 4 is 15.7 Å². The number of aliphatic hydroxyl groups is 1. The minimum Gasteiger partial charge on any atom is -0.396 e. The third kappa shape index (κ3) is 3.89. The molecule has 19 heavy (non-hydrogen) atoms. The first-order valence-electron chi connectivity index (χ1n) is 6.37. The number of pyridine rings is 1. The monoisotopic (exact) mass is 287 g/mol. The van der Waals surface area contributed by atoms with Gasteiger partial charge in [-0.15, -0.1) is 0 Å². The van der Waals surface area contributed by atoms with Gasteiger partial charge in [-0.25, -0.2) is 13.4 Å². The van der Waals surface area contributed by atoms with Gasteiger partial charge >= 0.3 is 0 Å². The average molecular weight is 287 g/mol. The van der Waals surface area contributed by atoms with Gasteiger partial charge in [0.1, 0.15) is 0 Å². The molecule has 1 heterocycles. The summed E-state index contributed by atoms with van der Waals surface area (Å²) in [6, 6.07) is 3.39. The second kappa shape index (κ2) is 7.42. The molecule has 0 aliphatic heterocycles. The van der Waals surface area contributed by atoms with Crippen LogP contribution in [0.25, 0.3) is 0 Å². The maximum Gasteiger partial charge on any atom is 0.262 e. The van der Waals surface area contributed by atoms with Crippen LogP contribution in [0.3, 0.4) is 0 Å². The van der Waals surface area contributed by atoms with Crippen LogP contribution < -0.4 is 5.32 Å². The van der Waals surface area contributed by atoms with E-state index in [2.05, 4.69) is 10.3 Å². The van der Waals surface area contributed by atoms with Crippen LogP contribution >= 0.6 is 0 Å². The van der Waals surface area contributed by atoms with E-state index in [1.165, 1.54) is 10.5 Å². The minimum absolute atomic E-state index is 0.0334. The molecule has 0 amide bonds. The number of hydrogen-bond donors (Lipinski definition) is 2. The smallest absolute Gasteiger partial charge is 0.262 e. The number of hydrogen-bond acceptors (Lipinski definition) is 5. The number of anilines is 1. The second-order valence-electron chi connectivity index (χ2n) is 3.96. The van der Waals surface area contributed by atoms with Gasteiger partial charge in [0.2, 0.25) is 0 Å². The van der Waals surface area contributed by atoms with E-state index >= 15 is 0 Å². The van der Waals surface area contributed by atoms with E-state index in [0.717, 1.165) is 0 Å². The lowest BCUT2D eigenvalue weighted by molar-refractivity contribution is 0.271. The maximum absolute atomic E-state index is 12.5. The number of aliphatic hydroxyl groups excluding tert-OH is 1. The molecular weight excluding hydrogens is 266 g/mol. The molecule has 0 spiro atoms. The molecule has 7 heteroatoms. The molecule has 2 N–H and O–H groups in total. The lowest BCUT2D eigenvalue weighted by atomic mass is 10.4. The first-order valence-corrected chi connectivity index (χ1v) is 7.81. The molecule has 0 bridgehead atoms. The highest BCUT2D eigenvalue weighted by Gasteiger charge is 2.26. The second-order valence-corrected chi connectivity index (χ2v) is 5.81. The zero-order chi connectivity index (χ0) is 14.3. The molecule has 0 aliphatic carbocycles. The molecule has 0 aromatic carbocycles. The van der Waals surface area contributed by atoms with Crippen molar-refractivity contribution in [3.63, 3.8) is 0 Å². The first-order chi connectivity index (χ1) is 9.07. The number of rotatable bonds is 8. The number of aromatic nitrogens is 1. The average Bonchev–Trinajstić information content (AvgIpc) is 2.40. The summed E-state index contributed by atoms with van der Waals surface area (Å²) >= 11 is 0. The maximum atomic E-state index is 12.5. The van der Waals surface area contributed by atoms with Crippen molar-refractivity contribution in [3.05, 3.63) is 18.3 Å². The molecule has 0 atom stereocenters. The molecule has 0 unspecified atom stereocenters. The zero-order valence-electron chi connectivity index (χ0n) is 11.3. The Labute approximate surface area is 114 Å². The van der Waals surface area contributed by atoms with Crippen LogP contribution in [0.2, 0.25) is 0 Å². The lowest BCUT2D eigenvalue weighted by Gasteiger charge is -2.21. The highest BCUT2D eigenvalue weighted by molar-refractivity contribution is 7.89. The Hall–Kier alpha value is -1.18. The van der Waals surface area contributed by atoms with E-state index in [1.54, 1.807) is 19.1 Å². The van der Waals surface area contributed by atoms with E-state index in [0.29, 0.717) is 25.2 Å². The topological polar surface area (TPSA) is 82.5 Å². The predicted molar refractivity (Wildman–Crippen MR) is 74.5 cm³/mol. The highest BCUT2D eigenvalue weighted by atomic mass is 32.2. The number of nitrogens with zero attached hydrogens (tertiary/aromatic N) is 2. The Morgan fingerprint density at radius 2 is 2.16 bits per heavy atom. The van der Waals surface area contributed by atoms with Crippen LogP contribution in [-0.4, -0.2) is 49.1 Å².